The van der Waals surface area contributed by atoms with Gasteiger partial charge in [0.05, 0.1) is 19.3 Å². The molecule has 0 bridgehead atoms. The normalized spacial score (nSPS) is 13.5. The number of rotatable bonds is 6. The topological polar surface area (TPSA) is 47.6 Å². The maximum absolute atomic E-state index is 11.5. The van der Waals surface area contributed by atoms with Crippen LogP contribution in [0.1, 0.15) is 13.3 Å². The molecule has 0 rings (SSSR count). The maximum Gasteiger partial charge on any atom is 0.237 e. The number of carbonyl (C=O) groups is 1. The molecule has 16 heavy (non-hydrogen) atoms. The Labute approximate surface area is 105 Å². The predicted molar refractivity (Wildman–Crippen MR) is 66.5 cm³/mol. The fourth-order valence-electron chi connectivity index (χ4n) is 0.940. The fraction of sp³-hybridized carbons (Fsp3) is 0.727. The van der Waals surface area contributed by atoms with E-state index in [4.69, 9.17) is 9.47 Å². The second-order valence-electron chi connectivity index (χ2n) is 3.22. The van der Waals surface area contributed by atoms with Crippen LogP contribution in [0.2, 0.25) is 0 Å². The number of hydrogen-bond acceptors (Lipinski definition) is 3. The van der Waals surface area contributed by atoms with Crippen molar-refractivity contribution >= 4 is 21.8 Å². The first-order valence-electron chi connectivity index (χ1n) is 5.02. The number of methoxy groups -OCH3 is 2. The standard InChI is InChI=1S/C11H18BrNO3/c1-9(6-4-5-7-15-2)13-11(14)10(12)8-16-3/h9-10H,5,7-8H2,1-3H3,(H,13,14). The van der Waals surface area contributed by atoms with E-state index in [0.29, 0.717) is 19.6 Å². The Kier molecular flexibility index (Phi) is 9.30. The van der Waals surface area contributed by atoms with Crippen LogP contribution >= 0.6 is 15.9 Å². The van der Waals surface area contributed by atoms with E-state index in [1.807, 2.05) is 6.92 Å². The Bertz CT molecular complexity index is 260. The van der Waals surface area contributed by atoms with Crippen molar-refractivity contribution in [2.75, 3.05) is 27.4 Å². The molecule has 92 valence electrons. The van der Waals surface area contributed by atoms with Crippen LogP contribution in [-0.4, -0.2) is 44.2 Å². The summed E-state index contributed by atoms with van der Waals surface area (Å²) in [7, 11) is 3.18. The minimum Gasteiger partial charge on any atom is -0.384 e. The van der Waals surface area contributed by atoms with Gasteiger partial charge in [0, 0.05) is 20.6 Å². The molecule has 5 heteroatoms. The van der Waals surface area contributed by atoms with Crippen molar-refractivity contribution in [2.24, 2.45) is 0 Å². The van der Waals surface area contributed by atoms with Crippen molar-refractivity contribution in [3.05, 3.63) is 0 Å². The third-order valence-electron chi connectivity index (χ3n) is 1.71. The Morgan fingerprint density at radius 2 is 2.12 bits per heavy atom. The van der Waals surface area contributed by atoms with Gasteiger partial charge in [-0.05, 0) is 6.92 Å². The van der Waals surface area contributed by atoms with Crippen LogP contribution in [0.4, 0.5) is 0 Å². The highest BCUT2D eigenvalue weighted by atomic mass is 79.9. The van der Waals surface area contributed by atoms with Crippen LogP contribution in [-0.2, 0) is 14.3 Å². The van der Waals surface area contributed by atoms with E-state index < -0.39 is 0 Å². The number of alkyl halides is 1. The number of nitrogens with one attached hydrogen (secondary N) is 1. The molecule has 2 atom stereocenters. The summed E-state index contributed by atoms with van der Waals surface area (Å²) in [6.45, 7) is 2.79. The number of amides is 1. The fourth-order valence-corrected chi connectivity index (χ4v) is 1.34. The first kappa shape index (κ1) is 15.4. The van der Waals surface area contributed by atoms with E-state index in [2.05, 4.69) is 33.1 Å². The molecule has 0 aliphatic rings. The van der Waals surface area contributed by atoms with Crippen molar-refractivity contribution in [3.8, 4) is 11.8 Å². The lowest BCUT2D eigenvalue weighted by atomic mass is 10.3. The van der Waals surface area contributed by atoms with Gasteiger partial charge in [-0.2, -0.15) is 0 Å². The van der Waals surface area contributed by atoms with Gasteiger partial charge in [0.1, 0.15) is 4.83 Å². The SMILES string of the molecule is COCCC#CC(C)NC(=O)C(Br)COC. The van der Waals surface area contributed by atoms with Crippen molar-refractivity contribution in [3.63, 3.8) is 0 Å². The van der Waals surface area contributed by atoms with Gasteiger partial charge in [0.25, 0.3) is 0 Å². The van der Waals surface area contributed by atoms with Crippen LogP contribution in [0, 0.1) is 11.8 Å². The Hall–Kier alpha value is -0.570. The van der Waals surface area contributed by atoms with Crippen LogP contribution in [0.5, 0.6) is 0 Å². The van der Waals surface area contributed by atoms with E-state index in [1.165, 1.54) is 0 Å². The molecule has 1 amide bonds. The molecule has 0 saturated carbocycles. The summed E-state index contributed by atoms with van der Waals surface area (Å²) in [6, 6.07) is -0.165. The molecule has 0 aromatic carbocycles. The van der Waals surface area contributed by atoms with E-state index >= 15 is 0 Å². The van der Waals surface area contributed by atoms with Gasteiger partial charge in [0.15, 0.2) is 0 Å². The maximum atomic E-state index is 11.5. The van der Waals surface area contributed by atoms with E-state index in [9.17, 15) is 4.79 Å². The lowest BCUT2D eigenvalue weighted by Gasteiger charge is -2.11. The van der Waals surface area contributed by atoms with Gasteiger partial charge in [-0.25, -0.2) is 0 Å². The van der Waals surface area contributed by atoms with E-state index in [1.54, 1.807) is 14.2 Å². The third kappa shape index (κ3) is 7.69. The molecule has 0 radical (unpaired) electrons. The smallest absolute Gasteiger partial charge is 0.237 e. The van der Waals surface area contributed by atoms with E-state index in [-0.39, 0.29) is 16.8 Å². The summed E-state index contributed by atoms with van der Waals surface area (Å²) in [5, 5.41) is 2.76. The van der Waals surface area contributed by atoms with Crippen LogP contribution < -0.4 is 5.32 Å². The minimum atomic E-state index is -0.333. The van der Waals surface area contributed by atoms with Crippen molar-refractivity contribution < 1.29 is 14.3 Å². The number of halogens is 1. The minimum absolute atomic E-state index is 0.115. The average Bonchev–Trinajstić information content (AvgIpc) is 2.24. The highest BCUT2D eigenvalue weighted by Crippen LogP contribution is 2.00. The summed E-state index contributed by atoms with van der Waals surface area (Å²) in [5.74, 6) is 5.73. The first-order chi connectivity index (χ1) is 7.61. The highest BCUT2D eigenvalue weighted by Gasteiger charge is 2.15. The van der Waals surface area contributed by atoms with Crippen molar-refractivity contribution in [2.45, 2.75) is 24.2 Å². The molecule has 2 unspecified atom stereocenters. The van der Waals surface area contributed by atoms with E-state index in [0.717, 1.165) is 0 Å². The zero-order chi connectivity index (χ0) is 12.4. The number of ether oxygens (including phenoxy) is 2. The summed E-state index contributed by atoms with van der Waals surface area (Å²) < 4.78 is 9.72. The van der Waals surface area contributed by atoms with Crippen LogP contribution in [0.25, 0.3) is 0 Å². The van der Waals surface area contributed by atoms with Gasteiger partial charge in [-0.1, -0.05) is 27.8 Å². The molecular weight excluding hydrogens is 274 g/mol. The van der Waals surface area contributed by atoms with Crippen molar-refractivity contribution in [1.82, 2.24) is 5.32 Å². The molecule has 0 aliphatic carbocycles. The molecule has 0 aliphatic heterocycles. The molecule has 0 heterocycles. The van der Waals surface area contributed by atoms with Crippen molar-refractivity contribution in [1.29, 1.82) is 0 Å². The van der Waals surface area contributed by atoms with Crippen LogP contribution in [0.3, 0.4) is 0 Å². The lowest BCUT2D eigenvalue weighted by molar-refractivity contribution is -0.121. The number of hydrogen-bond donors (Lipinski definition) is 1. The molecule has 1 N–H and O–H groups in total. The van der Waals surface area contributed by atoms with Crippen LogP contribution in [0.15, 0.2) is 0 Å². The quantitative estimate of drug-likeness (QED) is 0.450. The highest BCUT2D eigenvalue weighted by molar-refractivity contribution is 9.10. The number of carbonyl (C=O) groups excluding carboxylic acids is 1. The first-order valence-corrected chi connectivity index (χ1v) is 5.94. The monoisotopic (exact) mass is 291 g/mol. The van der Waals surface area contributed by atoms with Gasteiger partial charge < -0.3 is 14.8 Å². The van der Waals surface area contributed by atoms with Gasteiger partial charge in [-0.15, -0.1) is 0 Å². The largest absolute Gasteiger partial charge is 0.384 e. The molecule has 4 nitrogen and oxygen atoms in total. The molecule has 0 spiro atoms. The second kappa shape index (κ2) is 9.64. The molecule has 0 saturated heterocycles. The lowest BCUT2D eigenvalue weighted by Crippen LogP contribution is -2.38. The Morgan fingerprint density at radius 3 is 2.69 bits per heavy atom. The summed E-state index contributed by atoms with van der Waals surface area (Å²) in [5.41, 5.74) is 0. The second-order valence-corrected chi connectivity index (χ2v) is 4.32. The molecule has 0 fully saturated rings. The molecular formula is C11H18BrNO3. The van der Waals surface area contributed by atoms with Gasteiger partial charge in [0.2, 0.25) is 5.91 Å². The zero-order valence-electron chi connectivity index (χ0n) is 9.88. The predicted octanol–water partition coefficient (Wildman–Crippen LogP) is 0.941. The van der Waals surface area contributed by atoms with Gasteiger partial charge >= 0.3 is 0 Å². The molecule has 0 aromatic heterocycles. The summed E-state index contributed by atoms with van der Waals surface area (Å²) in [6.07, 6.45) is 0.673. The molecule has 0 aromatic rings. The Balaban J connectivity index is 3.88. The summed E-state index contributed by atoms with van der Waals surface area (Å²) >= 11 is 3.22. The third-order valence-corrected chi connectivity index (χ3v) is 2.39. The zero-order valence-corrected chi connectivity index (χ0v) is 11.5. The average molecular weight is 292 g/mol. The summed E-state index contributed by atoms with van der Waals surface area (Å²) in [4.78, 5) is 11.2. The van der Waals surface area contributed by atoms with Gasteiger partial charge in [-0.3, -0.25) is 4.79 Å². The Morgan fingerprint density at radius 1 is 1.44 bits per heavy atom.